The first-order valence-electron chi connectivity index (χ1n) is 7.73. The van der Waals surface area contributed by atoms with Crippen LogP contribution in [0, 0.1) is 0 Å². The number of urea groups is 1. The molecular formula is C18H21N3O2. The van der Waals surface area contributed by atoms with Gasteiger partial charge in [0, 0.05) is 23.5 Å². The maximum absolute atomic E-state index is 12.1. The molecule has 2 aromatic carbocycles. The molecule has 1 atom stereocenters. The van der Waals surface area contributed by atoms with E-state index < -0.39 is 0 Å². The van der Waals surface area contributed by atoms with Gasteiger partial charge in [-0.15, -0.1) is 0 Å². The monoisotopic (exact) mass is 311 g/mol. The van der Waals surface area contributed by atoms with Gasteiger partial charge in [-0.05, 0) is 54.7 Å². The van der Waals surface area contributed by atoms with Gasteiger partial charge in [-0.1, -0.05) is 12.1 Å². The fourth-order valence-corrected chi connectivity index (χ4v) is 2.86. The van der Waals surface area contributed by atoms with Crippen molar-refractivity contribution in [3.63, 3.8) is 0 Å². The maximum atomic E-state index is 12.1. The van der Waals surface area contributed by atoms with E-state index in [1.807, 2.05) is 30.3 Å². The summed E-state index contributed by atoms with van der Waals surface area (Å²) in [4.78, 5) is 12.1. The zero-order valence-corrected chi connectivity index (χ0v) is 13.1. The summed E-state index contributed by atoms with van der Waals surface area (Å²) in [6.45, 7) is 0. The number of amides is 2. The lowest BCUT2D eigenvalue weighted by Gasteiger charge is -2.22. The molecule has 3 rings (SSSR count). The molecule has 5 heteroatoms. The van der Waals surface area contributed by atoms with E-state index in [0.29, 0.717) is 11.4 Å². The third-order valence-electron chi connectivity index (χ3n) is 4.06. The average molecular weight is 311 g/mol. The standard InChI is InChI=1S/C18H21N3O2/c1-23-17-4-2-3-15(11-17)20-18(22)21-16-8-6-12-9-14(19)7-5-13(12)10-16/h2-4,6,8,10-11,14H,5,7,9,19H2,1H3,(H2,20,21,22)/t14-/m0/s1. The Labute approximate surface area is 135 Å². The second-order valence-corrected chi connectivity index (χ2v) is 5.80. The number of nitrogens with two attached hydrogens (primary N) is 1. The second kappa shape index (κ2) is 6.71. The summed E-state index contributed by atoms with van der Waals surface area (Å²) in [5.74, 6) is 0.702. The zero-order chi connectivity index (χ0) is 16.2. The summed E-state index contributed by atoms with van der Waals surface area (Å²) in [7, 11) is 1.60. The molecule has 2 aromatic rings. The Morgan fingerprint density at radius 2 is 1.91 bits per heavy atom. The fourth-order valence-electron chi connectivity index (χ4n) is 2.86. The number of hydrogen-bond donors (Lipinski definition) is 3. The number of fused-ring (bicyclic) bond motifs is 1. The number of benzene rings is 2. The lowest BCUT2D eigenvalue weighted by molar-refractivity contribution is 0.262. The number of anilines is 2. The molecule has 4 N–H and O–H groups in total. The molecule has 0 heterocycles. The maximum Gasteiger partial charge on any atom is 0.323 e. The molecule has 1 aliphatic rings. The molecular weight excluding hydrogens is 290 g/mol. The lowest BCUT2D eigenvalue weighted by Crippen LogP contribution is -2.28. The summed E-state index contributed by atoms with van der Waals surface area (Å²) in [5.41, 5.74) is 10.0. The van der Waals surface area contributed by atoms with Crippen molar-refractivity contribution in [1.82, 2.24) is 0 Å². The van der Waals surface area contributed by atoms with Gasteiger partial charge in [-0.3, -0.25) is 0 Å². The number of rotatable bonds is 3. The Balaban J connectivity index is 1.66. The summed E-state index contributed by atoms with van der Waals surface area (Å²) >= 11 is 0. The van der Waals surface area contributed by atoms with Gasteiger partial charge < -0.3 is 21.1 Å². The van der Waals surface area contributed by atoms with Crippen LogP contribution in [0.5, 0.6) is 5.75 Å². The van der Waals surface area contributed by atoms with Gasteiger partial charge in [0.15, 0.2) is 0 Å². The molecule has 23 heavy (non-hydrogen) atoms. The Hall–Kier alpha value is -2.53. The quantitative estimate of drug-likeness (QED) is 0.815. The van der Waals surface area contributed by atoms with Crippen molar-refractivity contribution < 1.29 is 9.53 Å². The highest BCUT2D eigenvalue weighted by Crippen LogP contribution is 2.24. The smallest absolute Gasteiger partial charge is 0.323 e. The largest absolute Gasteiger partial charge is 0.497 e. The van der Waals surface area contributed by atoms with Gasteiger partial charge in [-0.2, -0.15) is 0 Å². The second-order valence-electron chi connectivity index (χ2n) is 5.80. The topological polar surface area (TPSA) is 76.4 Å². The minimum Gasteiger partial charge on any atom is -0.497 e. The number of carbonyl (C=O) groups excluding carboxylic acids is 1. The van der Waals surface area contributed by atoms with E-state index in [9.17, 15) is 4.79 Å². The molecule has 0 spiro atoms. The van der Waals surface area contributed by atoms with Crippen LogP contribution in [0.1, 0.15) is 17.5 Å². The highest BCUT2D eigenvalue weighted by atomic mass is 16.5. The van der Waals surface area contributed by atoms with Crippen molar-refractivity contribution in [3.05, 3.63) is 53.6 Å². The van der Waals surface area contributed by atoms with Crippen molar-refractivity contribution in [1.29, 1.82) is 0 Å². The zero-order valence-electron chi connectivity index (χ0n) is 13.1. The Bertz CT molecular complexity index is 715. The van der Waals surface area contributed by atoms with E-state index in [1.54, 1.807) is 13.2 Å². The first-order valence-corrected chi connectivity index (χ1v) is 7.73. The van der Waals surface area contributed by atoms with Gasteiger partial charge in [0.25, 0.3) is 0 Å². The summed E-state index contributed by atoms with van der Waals surface area (Å²) in [5, 5.41) is 5.67. The highest BCUT2D eigenvalue weighted by Gasteiger charge is 2.16. The van der Waals surface area contributed by atoms with Gasteiger partial charge >= 0.3 is 6.03 Å². The first-order chi connectivity index (χ1) is 11.1. The number of ether oxygens (including phenoxy) is 1. The van der Waals surface area contributed by atoms with Crippen molar-refractivity contribution in [2.45, 2.75) is 25.3 Å². The van der Waals surface area contributed by atoms with E-state index in [1.165, 1.54) is 11.1 Å². The molecule has 1 aliphatic carbocycles. The van der Waals surface area contributed by atoms with Gasteiger partial charge in [0.1, 0.15) is 5.75 Å². The average Bonchev–Trinajstić information content (AvgIpc) is 2.55. The van der Waals surface area contributed by atoms with Crippen LogP contribution < -0.4 is 21.1 Å². The molecule has 0 saturated carbocycles. The molecule has 0 saturated heterocycles. The molecule has 0 fully saturated rings. The van der Waals surface area contributed by atoms with Crippen LogP contribution in [0.3, 0.4) is 0 Å². The van der Waals surface area contributed by atoms with Crippen LogP contribution in [-0.4, -0.2) is 19.2 Å². The summed E-state index contributed by atoms with van der Waals surface area (Å²) in [6, 6.07) is 13.2. The first kappa shape index (κ1) is 15.4. The predicted octanol–water partition coefficient (Wildman–Crippen LogP) is 3.16. The fraction of sp³-hybridized carbons (Fsp3) is 0.278. The van der Waals surface area contributed by atoms with Crippen molar-refractivity contribution in [2.75, 3.05) is 17.7 Å². The van der Waals surface area contributed by atoms with Crippen molar-refractivity contribution >= 4 is 17.4 Å². The number of aryl methyl sites for hydroxylation is 1. The molecule has 0 radical (unpaired) electrons. The molecule has 2 amide bonds. The van der Waals surface area contributed by atoms with Crippen molar-refractivity contribution in [3.8, 4) is 5.75 Å². The third kappa shape index (κ3) is 3.81. The SMILES string of the molecule is COc1cccc(NC(=O)Nc2ccc3c(c2)CC[C@H](N)C3)c1. The Morgan fingerprint density at radius 1 is 1.13 bits per heavy atom. The molecule has 0 aliphatic heterocycles. The van der Waals surface area contributed by atoms with E-state index in [0.717, 1.165) is 24.9 Å². The van der Waals surface area contributed by atoms with Crippen LogP contribution in [0.15, 0.2) is 42.5 Å². The number of methoxy groups -OCH3 is 1. The van der Waals surface area contributed by atoms with Gasteiger partial charge in [0.05, 0.1) is 7.11 Å². The number of nitrogens with one attached hydrogen (secondary N) is 2. The van der Waals surface area contributed by atoms with Gasteiger partial charge in [0.2, 0.25) is 0 Å². The number of hydrogen-bond acceptors (Lipinski definition) is 3. The van der Waals surface area contributed by atoms with E-state index in [4.69, 9.17) is 10.5 Å². The lowest BCUT2D eigenvalue weighted by atomic mass is 9.88. The molecule has 5 nitrogen and oxygen atoms in total. The van der Waals surface area contributed by atoms with E-state index >= 15 is 0 Å². The van der Waals surface area contributed by atoms with Crippen molar-refractivity contribution in [2.24, 2.45) is 5.73 Å². The van der Waals surface area contributed by atoms with Crippen LogP contribution in [0.4, 0.5) is 16.2 Å². The summed E-state index contributed by atoms with van der Waals surface area (Å²) in [6.07, 6.45) is 2.86. The van der Waals surface area contributed by atoms with Crippen LogP contribution in [0.25, 0.3) is 0 Å². The summed E-state index contributed by atoms with van der Waals surface area (Å²) < 4.78 is 5.14. The van der Waals surface area contributed by atoms with E-state index in [2.05, 4.69) is 16.7 Å². The Morgan fingerprint density at radius 3 is 2.70 bits per heavy atom. The van der Waals surface area contributed by atoms with Crippen LogP contribution in [-0.2, 0) is 12.8 Å². The third-order valence-corrected chi connectivity index (χ3v) is 4.06. The molecule has 120 valence electrons. The highest BCUT2D eigenvalue weighted by molar-refractivity contribution is 5.99. The minimum atomic E-state index is -0.272. The molecule has 0 aromatic heterocycles. The molecule has 0 bridgehead atoms. The molecule has 0 unspecified atom stereocenters. The Kier molecular flexibility index (Phi) is 4.48. The predicted molar refractivity (Wildman–Crippen MR) is 92.1 cm³/mol. The minimum absolute atomic E-state index is 0.248. The van der Waals surface area contributed by atoms with E-state index in [-0.39, 0.29) is 12.1 Å². The van der Waals surface area contributed by atoms with Gasteiger partial charge in [-0.25, -0.2) is 4.79 Å². The van der Waals surface area contributed by atoms with Crippen LogP contribution in [0.2, 0.25) is 0 Å². The van der Waals surface area contributed by atoms with Crippen LogP contribution >= 0.6 is 0 Å². The number of carbonyl (C=O) groups is 1. The normalized spacial score (nSPS) is 16.3.